The molecule has 0 aromatic carbocycles. The average Bonchev–Trinajstić information content (AvgIpc) is 1.95. The van der Waals surface area contributed by atoms with Gasteiger partial charge in [-0.05, 0) is 26.8 Å². The van der Waals surface area contributed by atoms with Gasteiger partial charge in [0.2, 0.25) is 0 Å². The smallest absolute Gasteiger partial charge is 0.0678 e. The zero-order chi connectivity index (χ0) is 9.26. The molecule has 0 aliphatic carbocycles. The van der Waals surface area contributed by atoms with E-state index >= 15 is 0 Å². The summed E-state index contributed by atoms with van der Waals surface area (Å²) in [6, 6.07) is 0.748. The first-order chi connectivity index (χ1) is 6.24. The molecule has 3 unspecified atom stereocenters. The van der Waals surface area contributed by atoms with Crippen LogP contribution >= 0.6 is 0 Å². The third kappa shape index (κ3) is 2.42. The highest BCUT2D eigenvalue weighted by atomic mass is 16.5. The molecule has 2 aliphatic heterocycles. The lowest BCUT2D eigenvalue weighted by Crippen LogP contribution is -2.54. The minimum atomic E-state index is 0.406. The predicted octanol–water partition coefficient (Wildman–Crippen LogP) is 0.457. The van der Waals surface area contributed by atoms with Gasteiger partial charge in [-0.2, -0.15) is 0 Å². The average molecular weight is 184 g/mol. The highest BCUT2D eigenvalue weighted by Crippen LogP contribution is 2.13. The molecule has 0 aromatic heterocycles. The molecule has 3 nitrogen and oxygen atoms in total. The van der Waals surface area contributed by atoms with Crippen molar-refractivity contribution in [1.29, 1.82) is 0 Å². The first kappa shape index (κ1) is 9.44. The number of ether oxygens (including phenoxy) is 1. The molecule has 13 heavy (non-hydrogen) atoms. The summed E-state index contributed by atoms with van der Waals surface area (Å²) in [6.45, 7) is 8.94. The summed E-state index contributed by atoms with van der Waals surface area (Å²) in [5.41, 5.74) is 0. The SMILES string of the molecule is CC1CN(CC2CCN2)CC(C)O1. The Bertz CT molecular complexity index is 160. The van der Waals surface area contributed by atoms with Crippen LogP contribution in [0.1, 0.15) is 20.3 Å². The quantitative estimate of drug-likeness (QED) is 0.674. The lowest BCUT2D eigenvalue weighted by atomic mass is 10.1. The Hall–Kier alpha value is -0.120. The summed E-state index contributed by atoms with van der Waals surface area (Å²) >= 11 is 0. The second-order valence-electron chi connectivity index (χ2n) is 4.42. The molecule has 2 rings (SSSR count). The molecule has 1 N–H and O–H groups in total. The van der Waals surface area contributed by atoms with Crippen LogP contribution in [-0.2, 0) is 4.74 Å². The van der Waals surface area contributed by atoms with Crippen molar-refractivity contribution in [2.24, 2.45) is 0 Å². The normalized spacial score (nSPS) is 41.5. The molecule has 0 bridgehead atoms. The van der Waals surface area contributed by atoms with Gasteiger partial charge in [-0.15, -0.1) is 0 Å². The molecule has 0 amide bonds. The number of morpholine rings is 1. The Morgan fingerprint density at radius 1 is 1.31 bits per heavy atom. The molecule has 0 aromatic rings. The third-order valence-corrected chi connectivity index (χ3v) is 2.90. The molecule has 2 aliphatic rings. The molecule has 0 saturated carbocycles. The van der Waals surface area contributed by atoms with Gasteiger partial charge in [0.1, 0.15) is 0 Å². The van der Waals surface area contributed by atoms with E-state index < -0.39 is 0 Å². The van der Waals surface area contributed by atoms with Crippen LogP contribution in [0.25, 0.3) is 0 Å². The highest BCUT2D eigenvalue weighted by molar-refractivity contribution is 4.83. The van der Waals surface area contributed by atoms with Crippen LogP contribution in [-0.4, -0.2) is 49.3 Å². The van der Waals surface area contributed by atoms with E-state index in [1.165, 1.54) is 19.5 Å². The number of rotatable bonds is 2. The van der Waals surface area contributed by atoms with Crippen molar-refractivity contribution in [2.75, 3.05) is 26.2 Å². The summed E-state index contributed by atoms with van der Waals surface area (Å²) in [5.74, 6) is 0. The molecule has 2 saturated heterocycles. The number of hydrogen-bond acceptors (Lipinski definition) is 3. The van der Waals surface area contributed by atoms with Gasteiger partial charge in [0.25, 0.3) is 0 Å². The zero-order valence-electron chi connectivity index (χ0n) is 8.62. The molecule has 2 heterocycles. The van der Waals surface area contributed by atoms with Crippen LogP contribution in [0.3, 0.4) is 0 Å². The first-order valence-electron chi connectivity index (χ1n) is 5.35. The van der Waals surface area contributed by atoms with Gasteiger partial charge in [-0.1, -0.05) is 0 Å². The van der Waals surface area contributed by atoms with Crippen LogP contribution in [0.4, 0.5) is 0 Å². The molecule has 0 radical (unpaired) electrons. The molecule has 3 heteroatoms. The second-order valence-corrected chi connectivity index (χ2v) is 4.42. The third-order valence-electron chi connectivity index (χ3n) is 2.90. The lowest BCUT2D eigenvalue weighted by molar-refractivity contribution is -0.0713. The van der Waals surface area contributed by atoms with Crippen molar-refractivity contribution in [3.63, 3.8) is 0 Å². The van der Waals surface area contributed by atoms with E-state index in [1.54, 1.807) is 0 Å². The number of nitrogens with zero attached hydrogens (tertiary/aromatic N) is 1. The van der Waals surface area contributed by atoms with E-state index in [0.717, 1.165) is 19.1 Å². The van der Waals surface area contributed by atoms with Crippen LogP contribution in [0.2, 0.25) is 0 Å². The van der Waals surface area contributed by atoms with Crippen molar-refractivity contribution in [1.82, 2.24) is 10.2 Å². The summed E-state index contributed by atoms with van der Waals surface area (Å²) in [4.78, 5) is 2.52. The molecule has 0 spiro atoms. The van der Waals surface area contributed by atoms with Gasteiger partial charge in [-0.25, -0.2) is 0 Å². The van der Waals surface area contributed by atoms with E-state index in [0.29, 0.717) is 12.2 Å². The van der Waals surface area contributed by atoms with Crippen molar-refractivity contribution < 1.29 is 4.74 Å². The summed E-state index contributed by atoms with van der Waals surface area (Å²) in [6.07, 6.45) is 2.16. The van der Waals surface area contributed by atoms with Gasteiger partial charge in [0, 0.05) is 25.7 Å². The first-order valence-corrected chi connectivity index (χ1v) is 5.35. The van der Waals surface area contributed by atoms with Gasteiger partial charge < -0.3 is 10.1 Å². The van der Waals surface area contributed by atoms with Gasteiger partial charge in [0.05, 0.1) is 12.2 Å². The van der Waals surface area contributed by atoms with Crippen molar-refractivity contribution in [3.05, 3.63) is 0 Å². The second kappa shape index (κ2) is 3.95. The molecular weight excluding hydrogens is 164 g/mol. The number of nitrogens with one attached hydrogen (secondary N) is 1. The topological polar surface area (TPSA) is 24.5 Å². The summed E-state index contributed by atoms with van der Waals surface area (Å²) < 4.78 is 5.69. The molecular formula is C10H20N2O. The van der Waals surface area contributed by atoms with Gasteiger partial charge in [0.15, 0.2) is 0 Å². The van der Waals surface area contributed by atoms with E-state index in [4.69, 9.17) is 4.74 Å². The Kier molecular flexibility index (Phi) is 2.86. The monoisotopic (exact) mass is 184 g/mol. The van der Waals surface area contributed by atoms with Gasteiger partial charge >= 0.3 is 0 Å². The summed E-state index contributed by atoms with van der Waals surface area (Å²) in [5, 5.41) is 3.44. The number of hydrogen-bond donors (Lipinski definition) is 1. The largest absolute Gasteiger partial charge is 0.373 e. The van der Waals surface area contributed by atoms with E-state index in [2.05, 4.69) is 24.1 Å². The maximum atomic E-state index is 5.69. The van der Waals surface area contributed by atoms with E-state index in [9.17, 15) is 0 Å². The Morgan fingerprint density at radius 3 is 2.38 bits per heavy atom. The zero-order valence-corrected chi connectivity index (χ0v) is 8.62. The Labute approximate surface area is 80.4 Å². The van der Waals surface area contributed by atoms with Crippen molar-refractivity contribution >= 4 is 0 Å². The lowest BCUT2D eigenvalue weighted by Gasteiger charge is -2.39. The minimum absolute atomic E-state index is 0.406. The molecule has 2 fully saturated rings. The van der Waals surface area contributed by atoms with Crippen molar-refractivity contribution in [3.8, 4) is 0 Å². The van der Waals surface area contributed by atoms with Gasteiger partial charge in [-0.3, -0.25) is 4.90 Å². The summed E-state index contributed by atoms with van der Waals surface area (Å²) in [7, 11) is 0. The Morgan fingerprint density at radius 2 is 1.92 bits per heavy atom. The highest BCUT2D eigenvalue weighted by Gasteiger charge is 2.26. The van der Waals surface area contributed by atoms with Crippen LogP contribution in [0.15, 0.2) is 0 Å². The van der Waals surface area contributed by atoms with E-state index in [-0.39, 0.29) is 0 Å². The minimum Gasteiger partial charge on any atom is -0.373 e. The van der Waals surface area contributed by atoms with Crippen LogP contribution in [0.5, 0.6) is 0 Å². The van der Waals surface area contributed by atoms with E-state index in [1.807, 2.05) is 0 Å². The van der Waals surface area contributed by atoms with Crippen molar-refractivity contribution in [2.45, 2.75) is 38.5 Å². The fourth-order valence-electron chi connectivity index (χ4n) is 2.25. The Balaban J connectivity index is 1.77. The predicted molar refractivity (Wildman–Crippen MR) is 52.9 cm³/mol. The maximum Gasteiger partial charge on any atom is 0.0678 e. The fourth-order valence-corrected chi connectivity index (χ4v) is 2.25. The molecule has 3 atom stereocenters. The molecule has 76 valence electrons. The maximum absolute atomic E-state index is 5.69. The fraction of sp³-hybridized carbons (Fsp3) is 1.00. The standard InChI is InChI=1S/C10H20N2O/c1-8-5-12(6-9(2)13-8)7-10-3-4-11-10/h8-11H,3-7H2,1-2H3. The van der Waals surface area contributed by atoms with Crippen LogP contribution in [0, 0.1) is 0 Å². The van der Waals surface area contributed by atoms with Crippen LogP contribution < -0.4 is 5.32 Å².